The van der Waals surface area contributed by atoms with E-state index in [1.807, 2.05) is 30.3 Å². The number of fused-ring (bicyclic) bond motifs is 1. The first kappa shape index (κ1) is 15.1. The van der Waals surface area contributed by atoms with E-state index in [0.717, 1.165) is 10.9 Å². The molecule has 0 amide bonds. The van der Waals surface area contributed by atoms with Crippen molar-refractivity contribution in [1.82, 2.24) is 4.98 Å². The Labute approximate surface area is 126 Å². The summed E-state index contributed by atoms with van der Waals surface area (Å²) in [5, 5.41) is 0.951. The molecule has 0 bridgehead atoms. The van der Waals surface area contributed by atoms with Gasteiger partial charge in [-0.2, -0.15) is 0 Å². The number of rotatable bonds is 5. The average Bonchev–Trinajstić information content (AvgIpc) is 2.36. The van der Waals surface area contributed by atoms with Gasteiger partial charge in [0.25, 0.3) is 0 Å². The Bertz CT molecular complexity index is 756. The highest BCUT2D eigenvalue weighted by atomic mass is 79.9. The molecule has 2 rings (SSSR count). The number of Topliss-reactive ketones (excluding diaryl/α,β-unsaturated/α-hetero) is 1. The van der Waals surface area contributed by atoms with Crippen LogP contribution in [-0.4, -0.2) is 31.2 Å². The molecule has 0 aliphatic carbocycles. The van der Waals surface area contributed by atoms with Gasteiger partial charge >= 0.3 is 0 Å². The maximum Gasteiger partial charge on any atom is 0.182 e. The third-order valence-electron chi connectivity index (χ3n) is 2.86. The fourth-order valence-electron chi connectivity index (χ4n) is 1.90. The second kappa shape index (κ2) is 6.01. The summed E-state index contributed by atoms with van der Waals surface area (Å²) in [6.45, 7) is 0. The standard InChI is InChI=1S/C14H14BrNO3S/c1-20(18,19)8-4-7-13(17)14-11(15)9-10-5-2-3-6-12(10)16-14/h2-3,5-6,9H,4,7-8H2,1H3. The van der Waals surface area contributed by atoms with E-state index in [2.05, 4.69) is 20.9 Å². The van der Waals surface area contributed by atoms with E-state index in [1.54, 1.807) is 0 Å². The Morgan fingerprint density at radius 2 is 2.00 bits per heavy atom. The molecule has 0 atom stereocenters. The lowest BCUT2D eigenvalue weighted by molar-refractivity contribution is 0.0977. The molecule has 1 heterocycles. The van der Waals surface area contributed by atoms with Crippen LogP contribution in [0.25, 0.3) is 10.9 Å². The van der Waals surface area contributed by atoms with Crippen LogP contribution in [0.3, 0.4) is 0 Å². The summed E-state index contributed by atoms with van der Waals surface area (Å²) >= 11 is 3.35. The van der Waals surface area contributed by atoms with Crippen molar-refractivity contribution in [2.45, 2.75) is 12.8 Å². The number of hydrogen-bond acceptors (Lipinski definition) is 4. The number of benzene rings is 1. The van der Waals surface area contributed by atoms with E-state index in [1.165, 1.54) is 6.26 Å². The van der Waals surface area contributed by atoms with Crippen LogP contribution in [0.2, 0.25) is 0 Å². The topological polar surface area (TPSA) is 64.1 Å². The summed E-state index contributed by atoms with van der Waals surface area (Å²) in [6, 6.07) is 9.39. The molecule has 0 radical (unpaired) electrons. The quantitative estimate of drug-likeness (QED) is 0.773. The van der Waals surface area contributed by atoms with E-state index in [4.69, 9.17) is 0 Å². The first-order chi connectivity index (χ1) is 9.37. The van der Waals surface area contributed by atoms with Gasteiger partial charge in [0.05, 0.1) is 11.3 Å². The van der Waals surface area contributed by atoms with E-state index >= 15 is 0 Å². The Kier molecular flexibility index (Phi) is 4.55. The van der Waals surface area contributed by atoms with E-state index in [-0.39, 0.29) is 18.0 Å². The molecule has 106 valence electrons. The third kappa shape index (κ3) is 3.86. The molecule has 0 unspecified atom stereocenters. The summed E-state index contributed by atoms with van der Waals surface area (Å²) in [4.78, 5) is 16.5. The maximum atomic E-state index is 12.1. The molecule has 0 fully saturated rings. The molecule has 0 spiro atoms. The predicted molar refractivity (Wildman–Crippen MR) is 82.7 cm³/mol. The van der Waals surface area contributed by atoms with Crippen LogP contribution in [0.1, 0.15) is 23.3 Å². The Morgan fingerprint density at radius 1 is 1.30 bits per heavy atom. The third-order valence-corrected chi connectivity index (χ3v) is 4.50. The van der Waals surface area contributed by atoms with Crippen LogP contribution in [0.5, 0.6) is 0 Å². The number of pyridine rings is 1. The van der Waals surface area contributed by atoms with Gasteiger partial charge in [-0.1, -0.05) is 18.2 Å². The van der Waals surface area contributed by atoms with E-state index < -0.39 is 9.84 Å². The number of sulfone groups is 1. The lowest BCUT2D eigenvalue weighted by Crippen LogP contribution is -2.08. The highest BCUT2D eigenvalue weighted by Crippen LogP contribution is 2.22. The SMILES string of the molecule is CS(=O)(=O)CCCC(=O)c1nc2ccccc2cc1Br. The van der Waals surface area contributed by atoms with Crippen LogP contribution < -0.4 is 0 Å². The molecular formula is C14H14BrNO3S. The number of carbonyl (C=O) groups excluding carboxylic acids is 1. The summed E-state index contributed by atoms with van der Waals surface area (Å²) in [5.74, 6) is -0.129. The molecule has 0 aliphatic rings. The summed E-state index contributed by atoms with van der Waals surface area (Å²) in [5.41, 5.74) is 1.11. The first-order valence-corrected chi connectivity index (χ1v) is 8.98. The number of para-hydroxylation sites is 1. The molecule has 0 N–H and O–H groups in total. The van der Waals surface area contributed by atoms with Gasteiger partial charge < -0.3 is 0 Å². The average molecular weight is 356 g/mol. The zero-order chi connectivity index (χ0) is 14.8. The van der Waals surface area contributed by atoms with Crippen LogP contribution >= 0.6 is 15.9 Å². The second-order valence-electron chi connectivity index (χ2n) is 4.67. The smallest absolute Gasteiger partial charge is 0.182 e. The van der Waals surface area contributed by atoms with Gasteiger partial charge in [-0.15, -0.1) is 0 Å². The fraction of sp³-hybridized carbons (Fsp3) is 0.286. The first-order valence-electron chi connectivity index (χ1n) is 6.13. The Morgan fingerprint density at radius 3 is 2.70 bits per heavy atom. The summed E-state index contributed by atoms with van der Waals surface area (Å²) < 4.78 is 22.7. The molecule has 2 aromatic rings. The molecule has 6 heteroatoms. The minimum atomic E-state index is -3.03. The highest BCUT2D eigenvalue weighted by Gasteiger charge is 2.14. The lowest BCUT2D eigenvalue weighted by atomic mass is 10.1. The van der Waals surface area contributed by atoms with Gasteiger partial charge in [0, 0.05) is 22.5 Å². The van der Waals surface area contributed by atoms with Crippen LogP contribution in [0.4, 0.5) is 0 Å². The van der Waals surface area contributed by atoms with Gasteiger partial charge in [0.1, 0.15) is 15.5 Å². The molecule has 0 aliphatic heterocycles. The lowest BCUT2D eigenvalue weighted by Gasteiger charge is -2.05. The molecule has 20 heavy (non-hydrogen) atoms. The summed E-state index contributed by atoms with van der Waals surface area (Å²) in [6.07, 6.45) is 1.66. The number of aromatic nitrogens is 1. The molecule has 1 aromatic carbocycles. The van der Waals surface area contributed by atoms with Crippen molar-refractivity contribution in [1.29, 1.82) is 0 Å². The predicted octanol–water partition coefficient (Wildman–Crippen LogP) is 3.00. The molecule has 1 aromatic heterocycles. The van der Waals surface area contributed by atoms with Crippen LogP contribution in [0.15, 0.2) is 34.8 Å². The molecular weight excluding hydrogens is 342 g/mol. The van der Waals surface area contributed by atoms with Crippen molar-refractivity contribution in [3.05, 3.63) is 40.5 Å². The highest BCUT2D eigenvalue weighted by molar-refractivity contribution is 9.10. The van der Waals surface area contributed by atoms with Gasteiger partial charge in [-0.3, -0.25) is 4.79 Å². The normalized spacial score (nSPS) is 11.7. The van der Waals surface area contributed by atoms with Crippen molar-refractivity contribution >= 4 is 42.5 Å². The van der Waals surface area contributed by atoms with Crippen LogP contribution in [0, 0.1) is 0 Å². The Balaban J connectivity index is 2.19. The van der Waals surface area contributed by atoms with Crippen molar-refractivity contribution in [3.8, 4) is 0 Å². The molecule has 4 nitrogen and oxygen atoms in total. The molecule has 0 saturated heterocycles. The largest absolute Gasteiger partial charge is 0.292 e. The van der Waals surface area contributed by atoms with E-state index in [9.17, 15) is 13.2 Å². The second-order valence-corrected chi connectivity index (χ2v) is 7.78. The summed E-state index contributed by atoms with van der Waals surface area (Å²) in [7, 11) is -3.03. The maximum absolute atomic E-state index is 12.1. The number of nitrogens with zero attached hydrogens (tertiary/aromatic N) is 1. The van der Waals surface area contributed by atoms with Crippen molar-refractivity contribution < 1.29 is 13.2 Å². The van der Waals surface area contributed by atoms with E-state index in [0.29, 0.717) is 16.6 Å². The van der Waals surface area contributed by atoms with Gasteiger partial charge in [0.15, 0.2) is 5.78 Å². The number of halogens is 1. The zero-order valence-corrected chi connectivity index (χ0v) is 13.4. The zero-order valence-electron chi connectivity index (χ0n) is 11.0. The minimum Gasteiger partial charge on any atom is -0.292 e. The number of ketones is 1. The van der Waals surface area contributed by atoms with Crippen molar-refractivity contribution in [2.75, 3.05) is 12.0 Å². The van der Waals surface area contributed by atoms with Crippen molar-refractivity contribution in [2.24, 2.45) is 0 Å². The van der Waals surface area contributed by atoms with Gasteiger partial charge in [-0.25, -0.2) is 13.4 Å². The number of carbonyl (C=O) groups is 1. The van der Waals surface area contributed by atoms with Gasteiger partial charge in [0.2, 0.25) is 0 Å². The fourth-order valence-corrected chi connectivity index (χ4v) is 3.12. The minimum absolute atomic E-state index is 0.0178. The number of hydrogen-bond donors (Lipinski definition) is 0. The Hall–Kier alpha value is -1.27. The van der Waals surface area contributed by atoms with Crippen molar-refractivity contribution in [3.63, 3.8) is 0 Å². The van der Waals surface area contributed by atoms with Gasteiger partial charge in [-0.05, 0) is 34.5 Å². The molecule has 0 saturated carbocycles. The monoisotopic (exact) mass is 355 g/mol. The van der Waals surface area contributed by atoms with Crippen LogP contribution in [-0.2, 0) is 9.84 Å².